The molecule has 0 saturated carbocycles. The topological polar surface area (TPSA) is 77.2 Å². The van der Waals surface area contributed by atoms with Crippen LogP contribution < -0.4 is 4.90 Å². The summed E-state index contributed by atoms with van der Waals surface area (Å²) in [6.07, 6.45) is 3.24. The lowest BCUT2D eigenvalue weighted by molar-refractivity contribution is -0.122. The zero-order valence-corrected chi connectivity index (χ0v) is 19.2. The molecule has 31 heavy (non-hydrogen) atoms. The van der Waals surface area contributed by atoms with Crippen molar-refractivity contribution in [3.05, 3.63) is 35.5 Å². The number of amides is 1. The van der Waals surface area contributed by atoms with Gasteiger partial charge in [0.15, 0.2) is 0 Å². The van der Waals surface area contributed by atoms with Gasteiger partial charge < -0.3 is 19.5 Å². The summed E-state index contributed by atoms with van der Waals surface area (Å²) in [6, 6.07) is 8.27. The number of benzene rings is 1. The first-order valence-electron chi connectivity index (χ1n) is 10.9. The second-order valence-corrected chi connectivity index (χ2v) is 9.61. The lowest BCUT2D eigenvalue weighted by Crippen LogP contribution is -2.38. The highest BCUT2D eigenvalue weighted by atomic mass is 16.5. The standard InChI is InChI=1S/C24H33N5O2/c1-24(2)9-8-18-21(14-24)26-27-23(18)20-12-16-6-7-17(13-19(16)25-20)29(11-10-28(3)4)22(30)15-31-5/h6-7,12-13,25H,8-11,14-15H2,1-5H3,(H,26,27). The van der Waals surface area contributed by atoms with Crippen LogP contribution in [0.25, 0.3) is 22.3 Å². The molecule has 1 aliphatic carbocycles. The number of H-pyrrole nitrogens is 2. The number of methoxy groups -OCH3 is 1. The Morgan fingerprint density at radius 3 is 2.77 bits per heavy atom. The smallest absolute Gasteiger partial charge is 0.252 e. The number of aromatic nitrogens is 3. The monoisotopic (exact) mass is 423 g/mol. The van der Waals surface area contributed by atoms with E-state index >= 15 is 0 Å². The van der Waals surface area contributed by atoms with Gasteiger partial charge in [-0.25, -0.2) is 0 Å². The Kier molecular flexibility index (Phi) is 5.90. The lowest BCUT2D eigenvalue weighted by atomic mass is 9.76. The number of carbonyl (C=O) groups is 1. The Morgan fingerprint density at radius 2 is 2.03 bits per heavy atom. The van der Waals surface area contributed by atoms with Crippen LogP contribution in [0.3, 0.4) is 0 Å². The van der Waals surface area contributed by atoms with Gasteiger partial charge in [-0.15, -0.1) is 0 Å². The van der Waals surface area contributed by atoms with Crippen molar-refractivity contribution in [1.29, 1.82) is 0 Å². The zero-order valence-electron chi connectivity index (χ0n) is 19.2. The molecule has 166 valence electrons. The maximum atomic E-state index is 12.7. The van der Waals surface area contributed by atoms with Crippen molar-refractivity contribution < 1.29 is 9.53 Å². The van der Waals surface area contributed by atoms with Crippen LogP contribution in [0.4, 0.5) is 5.69 Å². The summed E-state index contributed by atoms with van der Waals surface area (Å²) in [5.41, 5.74) is 6.81. The molecule has 0 aliphatic heterocycles. The Labute approximate surface area is 183 Å². The van der Waals surface area contributed by atoms with Crippen LogP contribution in [0.1, 0.15) is 31.5 Å². The number of nitrogens with zero attached hydrogens (tertiary/aromatic N) is 3. The molecule has 1 aromatic carbocycles. The van der Waals surface area contributed by atoms with E-state index in [0.29, 0.717) is 12.0 Å². The van der Waals surface area contributed by atoms with Crippen LogP contribution in [0.2, 0.25) is 0 Å². The van der Waals surface area contributed by atoms with E-state index < -0.39 is 0 Å². The molecule has 0 fully saturated rings. The second-order valence-electron chi connectivity index (χ2n) is 9.61. The van der Waals surface area contributed by atoms with Crippen molar-refractivity contribution in [2.45, 2.75) is 33.1 Å². The molecule has 0 spiro atoms. The van der Waals surface area contributed by atoms with Crippen molar-refractivity contribution in [1.82, 2.24) is 20.1 Å². The molecule has 0 bridgehead atoms. The van der Waals surface area contributed by atoms with Gasteiger partial charge in [-0.3, -0.25) is 9.89 Å². The molecule has 3 aromatic rings. The molecule has 2 heterocycles. The quantitative estimate of drug-likeness (QED) is 0.609. The first-order valence-corrected chi connectivity index (χ1v) is 10.9. The largest absolute Gasteiger partial charge is 0.375 e. The fraction of sp³-hybridized carbons (Fsp3) is 0.500. The van der Waals surface area contributed by atoms with E-state index in [9.17, 15) is 4.79 Å². The summed E-state index contributed by atoms with van der Waals surface area (Å²) >= 11 is 0. The third-order valence-electron chi connectivity index (χ3n) is 6.17. The third-order valence-corrected chi connectivity index (χ3v) is 6.17. The van der Waals surface area contributed by atoms with E-state index in [0.717, 1.165) is 47.4 Å². The summed E-state index contributed by atoms with van der Waals surface area (Å²) in [4.78, 5) is 20.1. The van der Waals surface area contributed by atoms with Crippen LogP contribution in [0, 0.1) is 5.41 Å². The van der Waals surface area contributed by atoms with Crippen LogP contribution in [-0.2, 0) is 22.4 Å². The summed E-state index contributed by atoms with van der Waals surface area (Å²) in [5.74, 6) is -0.0422. The molecule has 0 saturated heterocycles. The number of ether oxygens (including phenoxy) is 1. The average molecular weight is 424 g/mol. The van der Waals surface area contributed by atoms with Gasteiger partial charge in [0.1, 0.15) is 12.3 Å². The molecular formula is C24H33N5O2. The van der Waals surface area contributed by atoms with Crippen LogP contribution >= 0.6 is 0 Å². The predicted octanol–water partition coefficient (Wildman–Crippen LogP) is 3.61. The van der Waals surface area contributed by atoms with Crippen molar-refractivity contribution in [3.63, 3.8) is 0 Å². The fourth-order valence-electron chi connectivity index (χ4n) is 4.38. The molecular weight excluding hydrogens is 390 g/mol. The first kappa shape index (κ1) is 21.6. The van der Waals surface area contributed by atoms with E-state index in [-0.39, 0.29) is 12.5 Å². The predicted molar refractivity (Wildman–Crippen MR) is 124 cm³/mol. The van der Waals surface area contributed by atoms with Gasteiger partial charge >= 0.3 is 0 Å². The second kappa shape index (κ2) is 8.48. The highest BCUT2D eigenvalue weighted by molar-refractivity contribution is 5.97. The Balaban J connectivity index is 1.65. The molecule has 1 amide bonds. The summed E-state index contributed by atoms with van der Waals surface area (Å²) in [6.45, 7) is 6.08. The number of fused-ring (bicyclic) bond motifs is 2. The molecule has 0 atom stereocenters. The van der Waals surface area contributed by atoms with Gasteiger partial charge in [0, 0.05) is 48.0 Å². The summed E-state index contributed by atoms with van der Waals surface area (Å²) in [7, 11) is 5.56. The molecule has 7 heteroatoms. The molecule has 7 nitrogen and oxygen atoms in total. The SMILES string of the molecule is COCC(=O)N(CCN(C)C)c1ccc2cc(-c3n[nH]c4c3CCC(C)(C)C4)[nH]c2c1. The maximum absolute atomic E-state index is 12.7. The summed E-state index contributed by atoms with van der Waals surface area (Å²) in [5, 5.41) is 9.02. The van der Waals surface area contributed by atoms with Gasteiger partial charge in [0.2, 0.25) is 0 Å². The van der Waals surface area contributed by atoms with Crippen molar-refractivity contribution >= 4 is 22.5 Å². The van der Waals surface area contributed by atoms with Crippen molar-refractivity contribution in [3.8, 4) is 11.4 Å². The van der Waals surface area contributed by atoms with Gasteiger partial charge in [-0.1, -0.05) is 19.9 Å². The molecule has 1 aliphatic rings. The minimum absolute atomic E-state index is 0.0422. The van der Waals surface area contributed by atoms with Gasteiger partial charge in [0.25, 0.3) is 5.91 Å². The van der Waals surface area contributed by atoms with Crippen LogP contribution in [-0.4, -0.2) is 66.9 Å². The number of likely N-dealkylation sites (N-methyl/N-ethyl adjacent to an activating group) is 1. The van der Waals surface area contributed by atoms with Crippen LogP contribution in [0.5, 0.6) is 0 Å². The molecule has 4 rings (SSSR count). The van der Waals surface area contributed by atoms with E-state index in [1.165, 1.54) is 17.7 Å². The zero-order chi connectivity index (χ0) is 22.2. The minimum Gasteiger partial charge on any atom is -0.375 e. The number of hydrogen-bond acceptors (Lipinski definition) is 4. The lowest BCUT2D eigenvalue weighted by Gasteiger charge is -2.28. The number of hydrogen-bond donors (Lipinski definition) is 2. The van der Waals surface area contributed by atoms with E-state index in [2.05, 4.69) is 46.1 Å². The molecule has 2 aromatic heterocycles. The highest BCUT2D eigenvalue weighted by Gasteiger charge is 2.29. The normalized spacial score (nSPS) is 15.4. The first-order chi connectivity index (χ1) is 14.8. The number of rotatable bonds is 7. The van der Waals surface area contributed by atoms with Crippen LogP contribution in [0.15, 0.2) is 24.3 Å². The summed E-state index contributed by atoms with van der Waals surface area (Å²) < 4.78 is 5.10. The van der Waals surface area contributed by atoms with Gasteiger partial charge in [0.05, 0.1) is 5.69 Å². The Bertz CT molecular complexity index is 1080. The van der Waals surface area contributed by atoms with Gasteiger partial charge in [-0.05, 0) is 57.0 Å². The third kappa shape index (κ3) is 4.52. The average Bonchev–Trinajstić information content (AvgIpc) is 3.30. The fourth-order valence-corrected chi connectivity index (χ4v) is 4.38. The highest BCUT2D eigenvalue weighted by Crippen LogP contribution is 2.38. The van der Waals surface area contributed by atoms with Crippen molar-refractivity contribution in [2.75, 3.05) is 45.8 Å². The number of anilines is 1. The Hall–Kier alpha value is -2.64. The van der Waals surface area contributed by atoms with E-state index in [1.807, 2.05) is 26.2 Å². The van der Waals surface area contributed by atoms with Crippen molar-refractivity contribution in [2.24, 2.45) is 5.41 Å². The number of aromatic amines is 2. The molecule has 0 unspecified atom stereocenters. The maximum Gasteiger partial charge on any atom is 0.252 e. The van der Waals surface area contributed by atoms with E-state index in [1.54, 1.807) is 12.0 Å². The minimum atomic E-state index is -0.0422. The van der Waals surface area contributed by atoms with Gasteiger partial charge in [-0.2, -0.15) is 5.10 Å². The number of nitrogens with one attached hydrogen (secondary N) is 2. The van der Waals surface area contributed by atoms with E-state index in [4.69, 9.17) is 4.74 Å². The Morgan fingerprint density at radius 1 is 1.23 bits per heavy atom. The number of carbonyl (C=O) groups excluding carboxylic acids is 1. The molecule has 0 radical (unpaired) electrons. The molecule has 2 N–H and O–H groups in total.